The molecule has 0 bridgehead atoms. The molecular weight excluding hydrogens is 178 g/mol. The minimum atomic E-state index is -0.884. The fourth-order valence-electron chi connectivity index (χ4n) is 1.57. The van der Waals surface area contributed by atoms with Gasteiger partial charge in [-0.05, 0) is 12.3 Å². The Bertz CT molecular complexity index is 159. The zero-order valence-corrected chi connectivity index (χ0v) is 9.33. The van der Waals surface area contributed by atoms with Crippen LogP contribution in [0.1, 0.15) is 52.4 Å². The Morgan fingerprint density at radius 3 is 2.50 bits per heavy atom. The molecule has 0 aliphatic heterocycles. The van der Waals surface area contributed by atoms with Crippen molar-refractivity contribution in [2.45, 2.75) is 58.4 Å². The quantitative estimate of drug-likeness (QED) is 0.593. The first kappa shape index (κ1) is 13.4. The second-order valence-electron chi connectivity index (χ2n) is 4.13. The van der Waals surface area contributed by atoms with Crippen molar-refractivity contribution in [2.24, 2.45) is 11.7 Å². The van der Waals surface area contributed by atoms with Crippen LogP contribution in [0.5, 0.6) is 0 Å². The number of hydrogen-bond acceptors (Lipinski definition) is 2. The lowest BCUT2D eigenvalue weighted by atomic mass is 9.96. The zero-order valence-electron chi connectivity index (χ0n) is 9.33. The Kier molecular flexibility index (Phi) is 7.48. The first-order chi connectivity index (χ1) is 6.57. The number of carboxylic acids is 1. The van der Waals surface area contributed by atoms with E-state index < -0.39 is 12.0 Å². The van der Waals surface area contributed by atoms with E-state index in [9.17, 15) is 4.79 Å². The average Bonchev–Trinajstić information content (AvgIpc) is 2.12. The van der Waals surface area contributed by atoms with Gasteiger partial charge in [-0.15, -0.1) is 0 Å². The summed E-state index contributed by atoms with van der Waals surface area (Å²) in [6, 6.07) is -0.684. The molecule has 3 nitrogen and oxygen atoms in total. The molecule has 0 aromatic carbocycles. The molecule has 1 unspecified atom stereocenters. The van der Waals surface area contributed by atoms with Crippen LogP contribution in [0.2, 0.25) is 0 Å². The van der Waals surface area contributed by atoms with Crippen molar-refractivity contribution >= 4 is 5.97 Å². The molecule has 0 radical (unpaired) electrons. The average molecular weight is 201 g/mol. The molecule has 0 aliphatic rings. The van der Waals surface area contributed by atoms with Gasteiger partial charge in [-0.25, -0.2) is 0 Å². The monoisotopic (exact) mass is 201 g/mol. The number of hydrogen-bond donors (Lipinski definition) is 2. The van der Waals surface area contributed by atoms with Crippen molar-refractivity contribution < 1.29 is 9.90 Å². The fourth-order valence-corrected chi connectivity index (χ4v) is 1.57. The van der Waals surface area contributed by atoms with Crippen LogP contribution in [-0.2, 0) is 4.79 Å². The summed E-state index contributed by atoms with van der Waals surface area (Å²) >= 11 is 0. The number of nitrogens with two attached hydrogens (primary N) is 1. The number of rotatable bonds is 8. The molecule has 0 aromatic heterocycles. The van der Waals surface area contributed by atoms with Gasteiger partial charge < -0.3 is 10.8 Å². The SMILES string of the molecule is CCCCCCC(C)C[C@H](N)C(=O)O. The van der Waals surface area contributed by atoms with Gasteiger partial charge in [-0.2, -0.15) is 0 Å². The molecular formula is C11H23NO2. The van der Waals surface area contributed by atoms with Gasteiger partial charge in [0.1, 0.15) is 6.04 Å². The van der Waals surface area contributed by atoms with E-state index in [4.69, 9.17) is 10.8 Å². The summed E-state index contributed by atoms with van der Waals surface area (Å²) in [6.45, 7) is 4.26. The largest absolute Gasteiger partial charge is 0.480 e. The van der Waals surface area contributed by atoms with Gasteiger partial charge in [0, 0.05) is 0 Å². The standard InChI is InChI=1S/C11H23NO2/c1-3-4-5-6-7-9(2)8-10(12)11(13)14/h9-10H,3-8,12H2,1-2H3,(H,13,14)/t9?,10-/m0/s1. The first-order valence-corrected chi connectivity index (χ1v) is 5.56. The van der Waals surface area contributed by atoms with Crippen molar-refractivity contribution in [3.8, 4) is 0 Å². The van der Waals surface area contributed by atoms with Gasteiger partial charge in [0.15, 0.2) is 0 Å². The molecule has 0 amide bonds. The molecule has 0 aromatic rings. The maximum Gasteiger partial charge on any atom is 0.320 e. The Balaban J connectivity index is 3.45. The van der Waals surface area contributed by atoms with Crippen LogP contribution in [0.3, 0.4) is 0 Å². The number of carbonyl (C=O) groups is 1. The van der Waals surface area contributed by atoms with Crippen LogP contribution >= 0.6 is 0 Å². The molecule has 0 rings (SSSR count). The summed E-state index contributed by atoms with van der Waals surface area (Å²) in [4.78, 5) is 10.5. The normalized spacial score (nSPS) is 15.1. The van der Waals surface area contributed by atoms with Crippen LogP contribution in [0.4, 0.5) is 0 Å². The molecule has 3 N–H and O–H groups in total. The second-order valence-corrected chi connectivity index (χ2v) is 4.13. The molecule has 0 spiro atoms. The summed E-state index contributed by atoms with van der Waals surface area (Å²) in [5.41, 5.74) is 5.45. The van der Waals surface area contributed by atoms with E-state index in [0.717, 1.165) is 6.42 Å². The maximum absolute atomic E-state index is 10.5. The fraction of sp³-hybridized carbons (Fsp3) is 0.909. The van der Waals surface area contributed by atoms with Crippen molar-refractivity contribution in [2.75, 3.05) is 0 Å². The van der Waals surface area contributed by atoms with Crippen molar-refractivity contribution in [1.29, 1.82) is 0 Å². The number of unbranched alkanes of at least 4 members (excludes halogenated alkanes) is 3. The molecule has 14 heavy (non-hydrogen) atoms. The van der Waals surface area contributed by atoms with Gasteiger partial charge in [0.05, 0.1) is 0 Å². The van der Waals surface area contributed by atoms with E-state index >= 15 is 0 Å². The van der Waals surface area contributed by atoms with E-state index in [1.54, 1.807) is 0 Å². The van der Waals surface area contributed by atoms with Crippen molar-refractivity contribution in [3.05, 3.63) is 0 Å². The summed E-state index contributed by atoms with van der Waals surface area (Å²) < 4.78 is 0. The third kappa shape index (κ3) is 6.89. The topological polar surface area (TPSA) is 63.3 Å². The Morgan fingerprint density at radius 2 is 2.00 bits per heavy atom. The second kappa shape index (κ2) is 7.80. The van der Waals surface area contributed by atoms with Gasteiger partial charge >= 0.3 is 5.97 Å². The summed E-state index contributed by atoms with van der Waals surface area (Å²) in [5.74, 6) is -0.455. The Morgan fingerprint density at radius 1 is 1.36 bits per heavy atom. The lowest BCUT2D eigenvalue weighted by molar-refractivity contribution is -0.138. The highest BCUT2D eigenvalue weighted by Gasteiger charge is 2.14. The number of aliphatic carboxylic acids is 1. The number of carboxylic acid groups (broad SMARTS) is 1. The van der Waals surface area contributed by atoms with E-state index in [-0.39, 0.29) is 0 Å². The summed E-state index contributed by atoms with van der Waals surface area (Å²) in [7, 11) is 0. The molecule has 0 aliphatic carbocycles. The molecule has 3 heteroatoms. The van der Waals surface area contributed by atoms with Crippen molar-refractivity contribution in [3.63, 3.8) is 0 Å². The minimum Gasteiger partial charge on any atom is -0.480 e. The predicted octanol–water partition coefficient (Wildman–Crippen LogP) is 2.39. The van der Waals surface area contributed by atoms with Gasteiger partial charge in [-0.1, -0.05) is 46.0 Å². The molecule has 0 saturated carbocycles. The van der Waals surface area contributed by atoms with Crippen LogP contribution in [0.15, 0.2) is 0 Å². The molecule has 2 atom stereocenters. The first-order valence-electron chi connectivity index (χ1n) is 5.56. The summed E-state index contributed by atoms with van der Waals surface area (Å²) in [6.07, 6.45) is 6.66. The Hall–Kier alpha value is -0.570. The third-order valence-electron chi connectivity index (χ3n) is 2.52. The highest BCUT2D eigenvalue weighted by atomic mass is 16.4. The zero-order chi connectivity index (χ0) is 11.0. The smallest absolute Gasteiger partial charge is 0.320 e. The lowest BCUT2D eigenvalue weighted by Gasteiger charge is -2.13. The molecule has 0 fully saturated rings. The minimum absolute atomic E-state index is 0.429. The molecule has 84 valence electrons. The highest BCUT2D eigenvalue weighted by molar-refractivity contribution is 5.72. The van der Waals surface area contributed by atoms with E-state index in [2.05, 4.69) is 13.8 Å². The maximum atomic E-state index is 10.5. The highest BCUT2D eigenvalue weighted by Crippen LogP contribution is 2.14. The molecule has 0 heterocycles. The Labute approximate surface area is 86.7 Å². The third-order valence-corrected chi connectivity index (χ3v) is 2.52. The van der Waals surface area contributed by atoms with Crippen LogP contribution < -0.4 is 5.73 Å². The van der Waals surface area contributed by atoms with Gasteiger partial charge in [-0.3, -0.25) is 4.79 Å². The van der Waals surface area contributed by atoms with Gasteiger partial charge in [0.25, 0.3) is 0 Å². The van der Waals surface area contributed by atoms with E-state index in [1.807, 2.05) is 0 Å². The van der Waals surface area contributed by atoms with Crippen LogP contribution in [0, 0.1) is 5.92 Å². The van der Waals surface area contributed by atoms with Crippen LogP contribution in [-0.4, -0.2) is 17.1 Å². The van der Waals surface area contributed by atoms with E-state index in [1.165, 1.54) is 25.7 Å². The van der Waals surface area contributed by atoms with E-state index in [0.29, 0.717) is 12.3 Å². The molecule has 0 saturated heterocycles. The van der Waals surface area contributed by atoms with Crippen LogP contribution in [0.25, 0.3) is 0 Å². The lowest BCUT2D eigenvalue weighted by Crippen LogP contribution is -2.31. The predicted molar refractivity (Wildman–Crippen MR) is 58.2 cm³/mol. The van der Waals surface area contributed by atoms with Gasteiger partial charge in [0.2, 0.25) is 0 Å². The summed E-state index contributed by atoms with van der Waals surface area (Å²) in [5, 5.41) is 8.62. The van der Waals surface area contributed by atoms with Crippen molar-refractivity contribution in [1.82, 2.24) is 0 Å².